The van der Waals surface area contributed by atoms with Gasteiger partial charge < -0.3 is 9.84 Å². The van der Waals surface area contributed by atoms with Crippen molar-refractivity contribution in [1.29, 1.82) is 0 Å². The van der Waals surface area contributed by atoms with Gasteiger partial charge in [0.2, 0.25) is 0 Å². The predicted octanol–water partition coefficient (Wildman–Crippen LogP) is 5.73. The highest BCUT2D eigenvalue weighted by Gasteiger charge is 2.39. The number of aliphatic hydroxyl groups excluding tert-OH is 1. The van der Waals surface area contributed by atoms with Gasteiger partial charge in [-0.3, -0.25) is 4.90 Å². The van der Waals surface area contributed by atoms with Gasteiger partial charge in [0.15, 0.2) is 0 Å². The normalized spacial score (nSPS) is 27.0. The van der Waals surface area contributed by atoms with Crippen LogP contribution in [0.3, 0.4) is 0 Å². The number of rotatable bonds is 6. The van der Waals surface area contributed by atoms with Crippen LogP contribution in [0.1, 0.15) is 114 Å². The Hall–Kier alpha value is -0.900. The van der Waals surface area contributed by atoms with Crippen molar-refractivity contribution in [3.8, 4) is 0 Å². The maximum Gasteiger partial charge on any atom is 0.0806 e. The molecule has 28 heavy (non-hydrogen) atoms. The maximum atomic E-state index is 9.99. The van der Waals surface area contributed by atoms with Gasteiger partial charge in [-0.25, -0.2) is 0 Å². The second kappa shape index (κ2) is 8.85. The van der Waals surface area contributed by atoms with Crippen molar-refractivity contribution in [3.05, 3.63) is 34.4 Å². The summed E-state index contributed by atoms with van der Waals surface area (Å²) < 4.78 is 6.76. The maximum absolute atomic E-state index is 9.99. The quantitative estimate of drug-likeness (QED) is 0.676. The lowest BCUT2D eigenvalue weighted by Crippen LogP contribution is -2.45. The molecule has 1 aromatic rings. The summed E-state index contributed by atoms with van der Waals surface area (Å²) in [4.78, 5) is 2.44. The van der Waals surface area contributed by atoms with Gasteiger partial charge in [-0.15, -0.1) is 0 Å². The van der Waals surface area contributed by atoms with Gasteiger partial charge in [0.05, 0.1) is 18.3 Å². The monoisotopic (exact) mass is 387 g/mol. The van der Waals surface area contributed by atoms with Crippen molar-refractivity contribution in [2.45, 2.75) is 110 Å². The number of piperidine rings is 1. The third kappa shape index (κ3) is 4.47. The van der Waals surface area contributed by atoms with Gasteiger partial charge in [0, 0.05) is 19.1 Å². The van der Waals surface area contributed by atoms with Gasteiger partial charge in [-0.05, 0) is 66.2 Å². The van der Waals surface area contributed by atoms with Crippen molar-refractivity contribution in [2.75, 3.05) is 13.1 Å². The van der Waals surface area contributed by atoms with E-state index < -0.39 is 0 Å². The summed E-state index contributed by atoms with van der Waals surface area (Å²) >= 11 is 0. The van der Waals surface area contributed by atoms with Gasteiger partial charge in [-0.1, -0.05) is 53.7 Å². The van der Waals surface area contributed by atoms with Gasteiger partial charge in [0.1, 0.15) is 0 Å². The van der Waals surface area contributed by atoms with Crippen LogP contribution in [0.2, 0.25) is 0 Å². The number of ether oxygens (including phenoxy) is 1. The highest BCUT2D eigenvalue weighted by molar-refractivity contribution is 5.45. The second-order valence-corrected chi connectivity index (χ2v) is 9.98. The predicted molar refractivity (Wildman–Crippen MR) is 117 cm³/mol. The van der Waals surface area contributed by atoms with E-state index in [9.17, 15) is 5.11 Å². The fraction of sp³-hybridized carbons (Fsp3) is 0.760. The van der Waals surface area contributed by atoms with Crippen molar-refractivity contribution in [2.24, 2.45) is 0 Å². The summed E-state index contributed by atoms with van der Waals surface area (Å²) in [5.74, 6) is 1.52. The van der Waals surface area contributed by atoms with Crippen molar-refractivity contribution in [1.82, 2.24) is 4.90 Å². The molecule has 0 spiro atoms. The lowest BCUT2D eigenvalue weighted by Gasteiger charge is -2.36. The van der Waals surface area contributed by atoms with E-state index in [1.807, 2.05) is 0 Å². The number of aliphatic hydroxyl groups is 1. The molecule has 1 aromatic carbocycles. The van der Waals surface area contributed by atoms with Crippen molar-refractivity contribution < 1.29 is 9.84 Å². The highest BCUT2D eigenvalue weighted by atomic mass is 16.5. The van der Waals surface area contributed by atoms with Gasteiger partial charge in [0.25, 0.3) is 0 Å². The first-order valence-electron chi connectivity index (χ1n) is 11.4. The lowest BCUT2D eigenvalue weighted by atomic mass is 9.82. The standard InChI is InChI=1S/C25H41NO2/c1-15(2)19-12-21(16(3)4)25(22(13-19)17(5)6)18(7)28-24-10-11-26-14-20(27)8-9-23(24)26/h12-13,15-18,20,23-24,27H,8-11,14H2,1-7H3/t18-,20?,23+,24+/m1/s1. The molecule has 0 radical (unpaired) electrons. The molecule has 3 rings (SSSR count). The largest absolute Gasteiger partial charge is 0.392 e. The Morgan fingerprint density at radius 2 is 1.50 bits per heavy atom. The van der Waals surface area contributed by atoms with E-state index in [1.165, 1.54) is 22.3 Å². The number of benzene rings is 1. The number of hydrogen-bond donors (Lipinski definition) is 1. The minimum atomic E-state index is -0.156. The molecule has 2 aliphatic rings. The molecule has 3 nitrogen and oxygen atoms in total. The zero-order valence-electron chi connectivity index (χ0n) is 19.0. The molecule has 2 heterocycles. The summed E-state index contributed by atoms with van der Waals surface area (Å²) in [6.07, 6.45) is 3.28. The van der Waals surface area contributed by atoms with Crippen molar-refractivity contribution >= 4 is 0 Å². The van der Waals surface area contributed by atoms with Gasteiger partial charge in [-0.2, -0.15) is 0 Å². The molecule has 0 amide bonds. The fourth-order valence-corrected chi connectivity index (χ4v) is 5.18. The van der Waals surface area contributed by atoms with E-state index in [2.05, 4.69) is 65.5 Å². The highest BCUT2D eigenvalue weighted by Crippen LogP contribution is 2.39. The van der Waals surface area contributed by atoms with E-state index in [0.717, 1.165) is 32.4 Å². The molecule has 0 saturated carbocycles. The Morgan fingerprint density at radius 3 is 2.04 bits per heavy atom. The average Bonchev–Trinajstić information content (AvgIpc) is 3.01. The van der Waals surface area contributed by atoms with Crippen LogP contribution in [0, 0.1) is 0 Å². The number of nitrogens with zero attached hydrogens (tertiary/aromatic N) is 1. The van der Waals surface area contributed by atoms with Crippen molar-refractivity contribution in [3.63, 3.8) is 0 Å². The van der Waals surface area contributed by atoms with Crippen LogP contribution in [0.25, 0.3) is 0 Å². The van der Waals surface area contributed by atoms with E-state index in [1.54, 1.807) is 0 Å². The lowest BCUT2D eigenvalue weighted by molar-refractivity contribution is -0.0430. The molecule has 2 saturated heterocycles. The Morgan fingerprint density at radius 1 is 0.893 bits per heavy atom. The zero-order valence-corrected chi connectivity index (χ0v) is 19.0. The van der Waals surface area contributed by atoms with E-state index in [-0.39, 0.29) is 18.3 Å². The van der Waals surface area contributed by atoms with E-state index in [4.69, 9.17) is 4.74 Å². The first-order valence-corrected chi connectivity index (χ1v) is 11.4. The third-order valence-corrected chi connectivity index (χ3v) is 6.80. The number of hydrogen-bond acceptors (Lipinski definition) is 3. The molecule has 3 heteroatoms. The molecule has 2 aliphatic heterocycles. The minimum absolute atomic E-state index is 0.104. The molecule has 1 N–H and O–H groups in total. The summed E-state index contributed by atoms with van der Waals surface area (Å²) in [7, 11) is 0. The van der Waals surface area contributed by atoms with E-state index in [0.29, 0.717) is 23.8 Å². The van der Waals surface area contributed by atoms with Crippen LogP contribution in [-0.4, -0.2) is 41.3 Å². The number of fused-ring (bicyclic) bond motifs is 1. The van der Waals surface area contributed by atoms with Crippen LogP contribution in [0.5, 0.6) is 0 Å². The molecular weight excluding hydrogens is 346 g/mol. The van der Waals surface area contributed by atoms with Crippen LogP contribution in [-0.2, 0) is 4.74 Å². The summed E-state index contributed by atoms with van der Waals surface area (Å²) in [5.41, 5.74) is 5.77. The zero-order chi connectivity index (χ0) is 20.6. The molecule has 1 unspecified atom stereocenters. The molecule has 4 atom stereocenters. The summed E-state index contributed by atoms with van der Waals surface area (Å²) in [5, 5.41) is 9.99. The molecule has 158 valence electrons. The van der Waals surface area contributed by atoms with Gasteiger partial charge >= 0.3 is 0 Å². The SMILES string of the molecule is CC(C)c1cc(C(C)C)c([C@@H](C)O[C@H]2CCN3CC(O)CC[C@@H]23)c(C(C)C)c1. The third-order valence-electron chi connectivity index (χ3n) is 6.80. The van der Waals surface area contributed by atoms with Crippen LogP contribution in [0.4, 0.5) is 0 Å². The molecule has 2 fully saturated rings. The summed E-state index contributed by atoms with van der Waals surface area (Å²) in [6.45, 7) is 17.9. The fourth-order valence-electron chi connectivity index (χ4n) is 5.18. The van der Waals surface area contributed by atoms with Crippen LogP contribution < -0.4 is 0 Å². The first-order chi connectivity index (χ1) is 13.2. The Bertz CT molecular complexity index is 638. The smallest absolute Gasteiger partial charge is 0.0806 e. The molecule has 0 aromatic heterocycles. The minimum Gasteiger partial charge on any atom is -0.392 e. The van der Waals surface area contributed by atoms with Crippen LogP contribution >= 0.6 is 0 Å². The summed E-state index contributed by atoms with van der Waals surface area (Å²) in [6, 6.07) is 5.33. The average molecular weight is 388 g/mol. The molecule has 0 aliphatic carbocycles. The topological polar surface area (TPSA) is 32.7 Å². The van der Waals surface area contributed by atoms with E-state index >= 15 is 0 Å². The Balaban J connectivity index is 1.89. The second-order valence-electron chi connectivity index (χ2n) is 9.98. The Kier molecular flexibility index (Phi) is 6.89. The first kappa shape index (κ1) is 21.8. The molecular formula is C25H41NO2. The Labute approximate surface area is 172 Å². The van der Waals surface area contributed by atoms with Crippen LogP contribution in [0.15, 0.2) is 12.1 Å². The molecule has 0 bridgehead atoms.